The highest BCUT2D eigenvalue weighted by Gasteiger charge is 2.11. The number of para-hydroxylation sites is 1. The number of rotatable bonds is 4. The van der Waals surface area contributed by atoms with Crippen LogP contribution in [0.1, 0.15) is 13.3 Å². The topological polar surface area (TPSA) is 49.4 Å². The van der Waals surface area contributed by atoms with Gasteiger partial charge in [-0.25, -0.2) is 4.39 Å². The minimum Gasteiger partial charge on any atom is -0.546 e. The van der Waals surface area contributed by atoms with E-state index < -0.39 is 17.9 Å². The Hall–Kier alpha value is -1.58. The van der Waals surface area contributed by atoms with Crippen LogP contribution in [0, 0.1) is 5.82 Å². The molecule has 0 aliphatic carbocycles. The molecule has 0 bridgehead atoms. The number of halogens is 1. The van der Waals surface area contributed by atoms with Gasteiger partial charge in [-0.05, 0) is 18.6 Å². The molecule has 1 rings (SSSR count). The molecule has 0 fully saturated rings. The van der Waals surface area contributed by atoms with Crippen molar-refractivity contribution >= 4 is 5.97 Å². The second-order valence-corrected chi connectivity index (χ2v) is 2.76. The first-order valence-electron chi connectivity index (χ1n) is 4.27. The van der Waals surface area contributed by atoms with Gasteiger partial charge in [-0.15, -0.1) is 0 Å². The molecule has 0 heterocycles. The lowest BCUT2D eigenvalue weighted by atomic mass is 10.2. The van der Waals surface area contributed by atoms with Crippen molar-refractivity contribution in [1.82, 2.24) is 0 Å². The Morgan fingerprint density at radius 3 is 2.71 bits per heavy atom. The van der Waals surface area contributed by atoms with Crippen molar-refractivity contribution in [2.75, 3.05) is 0 Å². The molecule has 0 amide bonds. The van der Waals surface area contributed by atoms with Crippen molar-refractivity contribution in [3.63, 3.8) is 0 Å². The van der Waals surface area contributed by atoms with E-state index in [0.29, 0.717) is 0 Å². The molecule has 0 aliphatic rings. The van der Waals surface area contributed by atoms with Gasteiger partial charge in [-0.2, -0.15) is 0 Å². The maximum Gasteiger partial charge on any atom is 0.165 e. The summed E-state index contributed by atoms with van der Waals surface area (Å²) in [6.45, 7) is 1.63. The van der Waals surface area contributed by atoms with Gasteiger partial charge >= 0.3 is 0 Å². The van der Waals surface area contributed by atoms with E-state index in [1.807, 2.05) is 0 Å². The van der Waals surface area contributed by atoms with Gasteiger partial charge in [0.05, 0.1) is 5.97 Å². The summed E-state index contributed by atoms with van der Waals surface area (Å²) < 4.78 is 17.9. The number of carbonyl (C=O) groups excluding carboxylic acids is 1. The minimum atomic E-state index is -1.34. The van der Waals surface area contributed by atoms with Gasteiger partial charge in [0.15, 0.2) is 11.6 Å². The Kier molecular flexibility index (Phi) is 3.45. The van der Waals surface area contributed by atoms with Crippen LogP contribution in [0.2, 0.25) is 0 Å². The molecule has 1 aromatic carbocycles. The quantitative estimate of drug-likeness (QED) is 0.715. The third-order valence-corrected chi connectivity index (χ3v) is 1.74. The molecule has 76 valence electrons. The molecular weight excluding hydrogens is 187 g/mol. The lowest BCUT2D eigenvalue weighted by molar-refractivity contribution is -0.313. The largest absolute Gasteiger partial charge is 0.546 e. The van der Waals surface area contributed by atoms with Gasteiger partial charge in [0.25, 0.3) is 0 Å². The number of hydrogen-bond donors (Lipinski definition) is 0. The van der Waals surface area contributed by atoms with E-state index in [1.165, 1.54) is 18.2 Å². The van der Waals surface area contributed by atoms with E-state index in [0.717, 1.165) is 0 Å². The van der Waals surface area contributed by atoms with Crippen LogP contribution in [0.5, 0.6) is 5.75 Å². The van der Waals surface area contributed by atoms with Crippen LogP contribution in [0.3, 0.4) is 0 Å². The molecule has 4 heteroatoms. The molecule has 0 N–H and O–H groups in total. The standard InChI is InChI=1S/C10H11FO3/c1-2-8(10(12)13)14-9-6-4-3-5-7(9)11/h3-6,8H,2H2,1H3,(H,12,13)/p-1/t8-/m0/s1. The highest BCUT2D eigenvalue weighted by atomic mass is 19.1. The highest BCUT2D eigenvalue weighted by Crippen LogP contribution is 2.17. The predicted molar refractivity (Wildman–Crippen MR) is 46.1 cm³/mol. The number of carboxylic acids is 1. The van der Waals surface area contributed by atoms with Gasteiger partial charge in [-0.1, -0.05) is 19.1 Å². The number of hydrogen-bond acceptors (Lipinski definition) is 3. The molecular formula is C10H10FO3-. The van der Waals surface area contributed by atoms with Crippen molar-refractivity contribution in [3.05, 3.63) is 30.1 Å². The molecule has 0 aliphatic heterocycles. The normalized spacial score (nSPS) is 12.1. The van der Waals surface area contributed by atoms with Crippen LogP contribution in [-0.2, 0) is 4.79 Å². The van der Waals surface area contributed by atoms with Gasteiger partial charge in [-0.3, -0.25) is 0 Å². The predicted octanol–water partition coefficient (Wildman–Crippen LogP) is 0.733. The molecule has 1 atom stereocenters. The SMILES string of the molecule is CC[C@H](Oc1ccccc1F)C(=O)[O-]. The molecule has 1 aromatic rings. The van der Waals surface area contributed by atoms with E-state index in [2.05, 4.69) is 0 Å². The second-order valence-electron chi connectivity index (χ2n) is 2.76. The van der Waals surface area contributed by atoms with E-state index in [4.69, 9.17) is 4.74 Å². The third kappa shape index (κ3) is 2.45. The zero-order valence-corrected chi connectivity index (χ0v) is 7.70. The van der Waals surface area contributed by atoms with Crippen LogP contribution in [0.4, 0.5) is 4.39 Å². The van der Waals surface area contributed by atoms with Crippen molar-refractivity contribution in [3.8, 4) is 5.75 Å². The Morgan fingerprint density at radius 1 is 1.57 bits per heavy atom. The van der Waals surface area contributed by atoms with E-state index in [1.54, 1.807) is 13.0 Å². The lowest BCUT2D eigenvalue weighted by Gasteiger charge is -2.18. The molecule has 0 aromatic heterocycles. The summed E-state index contributed by atoms with van der Waals surface area (Å²) in [5.74, 6) is -1.98. The lowest BCUT2D eigenvalue weighted by Crippen LogP contribution is -2.39. The zero-order valence-electron chi connectivity index (χ0n) is 7.70. The molecule has 0 unspecified atom stereocenters. The van der Waals surface area contributed by atoms with Crippen LogP contribution < -0.4 is 9.84 Å². The van der Waals surface area contributed by atoms with Crippen molar-refractivity contribution in [2.45, 2.75) is 19.4 Å². The Labute approximate surface area is 81.1 Å². The smallest absolute Gasteiger partial charge is 0.165 e. The van der Waals surface area contributed by atoms with Crippen molar-refractivity contribution < 1.29 is 19.0 Å². The zero-order chi connectivity index (χ0) is 10.6. The maximum atomic E-state index is 13.0. The van der Waals surface area contributed by atoms with Crippen LogP contribution in [0.25, 0.3) is 0 Å². The first-order chi connectivity index (χ1) is 6.65. The molecule has 0 spiro atoms. The third-order valence-electron chi connectivity index (χ3n) is 1.74. The number of carbonyl (C=O) groups is 1. The molecule has 0 saturated carbocycles. The number of ether oxygens (including phenoxy) is 1. The number of carboxylic acid groups (broad SMARTS) is 1. The Balaban J connectivity index is 2.77. The number of benzene rings is 1. The Morgan fingerprint density at radius 2 is 2.21 bits per heavy atom. The average Bonchev–Trinajstić information content (AvgIpc) is 2.16. The van der Waals surface area contributed by atoms with E-state index in [-0.39, 0.29) is 12.2 Å². The summed E-state index contributed by atoms with van der Waals surface area (Å²) in [4.78, 5) is 10.5. The van der Waals surface area contributed by atoms with Crippen molar-refractivity contribution in [2.24, 2.45) is 0 Å². The van der Waals surface area contributed by atoms with E-state index in [9.17, 15) is 14.3 Å². The first-order valence-corrected chi connectivity index (χ1v) is 4.27. The number of aliphatic carboxylic acids is 1. The molecule has 14 heavy (non-hydrogen) atoms. The fourth-order valence-corrected chi connectivity index (χ4v) is 0.992. The van der Waals surface area contributed by atoms with Gasteiger partial charge in [0, 0.05) is 0 Å². The fourth-order valence-electron chi connectivity index (χ4n) is 0.992. The van der Waals surface area contributed by atoms with Gasteiger partial charge in [0.1, 0.15) is 6.10 Å². The second kappa shape index (κ2) is 4.60. The summed E-state index contributed by atoms with van der Waals surface area (Å²) in [6.07, 6.45) is -0.872. The highest BCUT2D eigenvalue weighted by molar-refractivity contribution is 5.70. The van der Waals surface area contributed by atoms with Gasteiger partial charge < -0.3 is 14.6 Å². The summed E-state index contributed by atoms with van der Waals surface area (Å²) in [5.41, 5.74) is 0. The van der Waals surface area contributed by atoms with Gasteiger partial charge in [0.2, 0.25) is 0 Å². The van der Waals surface area contributed by atoms with Crippen LogP contribution in [0.15, 0.2) is 24.3 Å². The first kappa shape index (κ1) is 10.5. The van der Waals surface area contributed by atoms with Crippen molar-refractivity contribution in [1.29, 1.82) is 0 Å². The van der Waals surface area contributed by atoms with E-state index >= 15 is 0 Å². The fraction of sp³-hybridized carbons (Fsp3) is 0.300. The maximum absolute atomic E-state index is 13.0. The van der Waals surface area contributed by atoms with Crippen LogP contribution in [-0.4, -0.2) is 12.1 Å². The monoisotopic (exact) mass is 197 g/mol. The summed E-state index contributed by atoms with van der Waals surface area (Å²) >= 11 is 0. The molecule has 0 saturated heterocycles. The average molecular weight is 197 g/mol. The molecule has 0 radical (unpaired) electrons. The van der Waals surface area contributed by atoms with Crippen LogP contribution >= 0.6 is 0 Å². The summed E-state index contributed by atoms with van der Waals surface area (Å²) in [5, 5.41) is 10.5. The summed E-state index contributed by atoms with van der Waals surface area (Å²) in [6, 6.07) is 5.65. The minimum absolute atomic E-state index is 0.0662. The molecule has 3 nitrogen and oxygen atoms in total. The Bertz CT molecular complexity index is 325. The summed E-state index contributed by atoms with van der Waals surface area (Å²) in [7, 11) is 0.